The van der Waals surface area contributed by atoms with Crippen molar-refractivity contribution in [2.24, 2.45) is 0 Å². The molecule has 3 rings (SSSR count). The highest BCUT2D eigenvalue weighted by molar-refractivity contribution is 7.89. The molecule has 2 heterocycles. The van der Waals surface area contributed by atoms with Crippen LogP contribution < -0.4 is 5.32 Å². The zero-order chi connectivity index (χ0) is 19.4. The minimum Gasteiger partial charge on any atom is -0.454 e. The molecule has 1 aliphatic heterocycles. The van der Waals surface area contributed by atoms with Gasteiger partial charge in [-0.25, -0.2) is 8.42 Å². The van der Waals surface area contributed by atoms with E-state index in [0.717, 1.165) is 9.87 Å². The first-order chi connectivity index (χ1) is 12.9. The maximum Gasteiger partial charge on any atom is 0.324 e. The average molecular weight is 393 g/mol. The van der Waals surface area contributed by atoms with Crippen LogP contribution in [0.5, 0.6) is 0 Å². The number of aryl methyl sites for hydroxylation is 1. The van der Waals surface area contributed by atoms with Crippen LogP contribution in [0.25, 0.3) is 0 Å². The summed E-state index contributed by atoms with van der Waals surface area (Å²) in [6.07, 6.45) is 2.17. The third-order valence-electron chi connectivity index (χ3n) is 4.15. The van der Waals surface area contributed by atoms with Gasteiger partial charge in [0.25, 0.3) is 5.91 Å². The first-order valence-corrected chi connectivity index (χ1v) is 9.77. The number of esters is 1. The van der Waals surface area contributed by atoms with E-state index in [0.29, 0.717) is 12.8 Å². The van der Waals surface area contributed by atoms with Crippen LogP contribution in [-0.4, -0.2) is 48.9 Å². The third-order valence-corrected chi connectivity index (χ3v) is 6.08. The van der Waals surface area contributed by atoms with Crippen molar-refractivity contribution in [1.82, 2.24) is 9.46 Å². The SMILES string of the molecule is Cc1ccc(S(=O)(=O)N2CCC[C@H]2C(=O)OCC(=O)Nc2ccon2)cc1. The van der Waals surface area contributed by atoms with Crippen LogP contribution in [0, 0.1) is 6.92 Å². The van der Waals surface area contributed by atoms with Crippen molar-refractivity contribution in [2.75, 3.05) is 18.5 Å². The molecule has 0 saturated carbocycles. The van der Waals surface area contributed by atoms with Crippen molar-refractivity contribution >= 4 is 27.7 Å². The molecule has 0 radical (unpaired) electrons. The molecule has 9 nitrogen and oxygen atoms in total. The lowest BCUT2D eigenvalue weighted by molar-refractivity contribution is -0.150. The van der Waals surface area contributed by atoms with Gasteiger partial charge < -0.3 is 14.6 Å². The number of nitrogens with one attached hydrogen (secondary N) is 1. The van der Waals surface area contributed by atoms with E-state index in [1.807, 2.05) is 6.92 Å². The molecule has 144 valence electrons. The molecular formula is C17H19N3O6S. The number of carbonyl (C=O) groups is 2. The van der Waals surface area contributed by atoms with Gasteiger partial charge in [0.1, 0.15) is 12.3 Å². The summed E-state index contributed by atoms with van der Waals surface area (Å²) in [5, 5.41) is 5.90. The van der Waals surface area contributed by atoms with Crippen molar-refractivity contribution in [2.45, 2.75) is 30.7 Å². The molecule has 1 N–H and O–H groups in total. The standard InChI is InChI=1S/C17H19N3O6S/c1-12-4-6-13(7-5-12)27(23,24)20-9-2-3-14(20)17(22)25-11-16(21)18-15-8-10-26-19-15/h4-8,10,14H,2-3,9,11H2,1H3,(H,18,19,21)/t14-/m0/s1. The molecule has 0 unspecified atom stereocenters. The number of hydrogen-bond acceptors (Lipinski definition) is 7. The second-order valence-electron chi connectivity index (χ2n) is 6.13. The summed E-state index contributed by atoms with van der Waals surface area (Å²) in [4.78, 5) is 24.2. The first kappa shape index (κ1) is 19.1. The number of carbonyl (C=O) groups excluding carboxylic acids is 2. The third kappa shape index (κ3) is 4.34. The molecule has 1 saturated heterocycles. The normalized spacial score (nSPS) is 17.6. The Morgan fingerprint density at radius 3 is 2.70 bits per heavy atom. The molecule has 1 amide bonds. The molecule has 10 heteroatoms. The van der Waals surface area contributed by atoms with E-state index < -0.39 is 34.5 Å². The zero-order valence-electron chi connectivity index (χ0n) is 14.6. The highest BCUT2D eigenvalue weighted by atomic mass is 32.2. The number of benzene rings is 1. The number of sulfonamides is 1. The molecule has 27 heavy (non-hydrogen) atoms. The summed E-state index contributed by atoms with van der Waals surface area (Å²) in [7, 11) is -3.82. The van der Waals surface area contributed by atoms with Crippen LogP contribution in [0.1, 0.15) is 18.4 Å². The van der Waals surface area contributed by atoms with Crippen molar-refractivity contribution in [3.63, 3.8) is 0 Å². The van der Waals surface area contributed by atoms with Crippen LogP contribution in [-0.2, 0) is 24.3 Å². The molecule has 1 fully saturated rings. The van der Waals surface area contributed by atoms with Crippen LogP contribution in [0.3, 0.4) is 0 Å². The van der Waals surface area contributed by atoms with E-state index in [9.17, 15) is 18.0 Å². The fourth-order valence-corrected chi connectivity index (χ4v) is 4.44. The zero-order valence-corrected chi connectivity index (χ0v) is 15.4. The van der Waals surface area contributed by atoms with E-state index in [1.165, 1.54) is 24.5 Å². The van der Waals surface area contributed by atoms with E-state index in [-0.39, 0.29) is 17.3 Å². The largest absolute Gasteiger partial charge is 0.454 e. The van der Waals surface area contributed by atoms with E-state index in [4.69, 9.17) is 4.74 Å². The number of nitrogens with zero attached hydrogens (tertiary/aromatic N) is 2. The van der Waals surface area contributed by atoms with Gasteiger partial charge in [0.05, 0.1) is 4.90 Å². The Kier molecular flexibility index (Phi) is 5.57. The molecule has 1 aromatic heterocycles. The molecule has 1 aromatic carbocycles. The van der Waals surface area contributed by atoms with Crippen LogP contribution in [0.2, 0.25) is 0 Å². The maximum absolute atomic E-state index is 12.8. The van der Waals surface area contributed by atoms with Crippen molar-refractivity contribution in [1.29, 1.82) is 0 Å². The predicted molar refractivity (Wildman–Crippen MR) is 94.2 cm³/mol. The van der Waals surface area contributed by atoms with Gasteiger partial charge in [-0.3, -0.25) is 9.59 Å². The number of ether oxygens (including phenoxy) is 1. The quantitative estimate of drug-likeness (QED) is 0.735. The Hall–Kier alpha value is -2.72. The van der Waals surface area contributed by atoms with Gasteiger partial charge in [-0.15, -0.1) is 0 Å². The summed E-state index contributed by atoms with van der Waals surface area (Å²) in [5.41, 5.74) is 0.935. The molecule has 0 bridgehead atoms. The first-order valence-electron chi connectivity index (χ1n) is 8.33. The van der Waals surface area contributed by atoms with Gasteiger partial charge in [0.2, 0.25) is 10.0 Å². The highest BCUT2D eigenvalue weighted by Crippen LogP contribution is 2.27. The summed E-state index contributed by atoms with van der Waals surface area (Å²) in [5.74, 6) is -1.15. The smallest absolute Gasteiger partial charge is 0.324 e. The van der Waals surface area contributed by atoms with Gasteiger partial charge in [-0.05, 0) is 31.9 Å². The molecule has 1 aliphatic rings. The Balaban J connectivity index is 1.63. The van der Waals surface area contributed by atoms with Crippen molar-refractivity contribution in [3.05, 3.63) is 42.2 Å². The average Bonchev–Trinajstić information content (AvgIpc) is 3.32. The van der Waals surface area contributed by atoms with Gasteiger partial charge >= 0.3 is 5.97 Å². The van der Waals surface area contributed by atoms with E-state index >= 15 is 0 Å². The molecule has 0 aliphatic carbocycles. The second-order valence-corrected chi connectivity index (χ2v) is 8.02. The maximum atomic E-state index is 12.8. The Labute approximate surface area is 156 Å². The van der Waals surface area contributed by atoms with Gasteiger partial charge in [-0.1, -0.05) is 22.9 Å². The Morgan fingerprint density at radius 1 is 1.30 bits per heavy atom. The fourth-order valence-electron chi connectivity index (χ4n) is 2.80. The van der Waals surface area contributed by atoms with E-state index in [1.54, 1.807) is 12.1 Å². The van der Waals surface area contributed by atoms with Crippen LogP contribution in [0.15, 0.2) is 46.0 Å². The Bertz CT molecular complexity index is 909. The minimum atomic E-state index is -3.82. The number of rotatable bonds is 6. The van der Waals surface area contributed by atoms with E-state index in [2.05, 4.69) is 15.0 Å². The van der Waals surface area contributed by atoms with Gasteiger partial charge in [0.15, 0.2) is 12.4 Å². The lowest BCUT2D eigenvalue weighted by atomic mass is 10.2. The monoisotopic (exact) mass is 393 g/mol. The summed E-state index contributed by atoms with van der Waals surface area (Å²) < 4.78 is 36.4. The van der Waals surface area contributed by atoms with Crippen LogP contribution in [0.4, 0.5) is 5.82 Å². The number of aromatic nitrogens is 1. The lowest BCUT2D eigenvalue weighted by Crippen LogP contribution is -2.42. The highest BCUT2D eigenvalue weighted by Gasteiger charge is 2.40. The predicted octanol–water partition coefficient (Wildman–Crippen LogP) is 1.32. The van der Waals surface area contributed by atoms with Gasteiger partial charge in [0, 0.05) is 12.6 Å². The second kappa shape index (κ2) is 7.89. The van der Waals surface area contributed by atoms with Crippen molar-refractivity contribution < 1.29 is 27.3 Å². The molecule has 0 spiro atoms. The molecule has 2 aromatic rings. The topological polar surface area (TPSA) is 119 Å². The Morgan fingerprint density at radius 2 is 2.04 bits per heavy atom. The van der Waals surface area contributed by atoms with Gasteiger partial charge in [-0.2, -0.15) is 4.31 Å². The summed E-state index contributed by atoms with van der Waals surface area (Å²) >= 11 is 0. The fraction of sp³-hybridized carbons (Fsp3) is 0.353. The molecule has 1 atom stereocenters. The lowest BCUT2D eigenvalue weighted by Gasteiger charge is -2.22. The van der Waals surface area contributed by atoms with Crippen molar-refractivity contribution in [3.8, 4) is 0 Å². The number of hydrogen-bond donors (Lipinski definition) is 1. The summed E-state index contributed by atoms with van der Waals surface area (Å²) in [6.45, 7) is 1.54. The number of amides is 1. The van der Waals surface area contributed by atoms with Crippen LogP contribution >= 0.6 is 0 Å². The summed E-state index contributed by atoms with van der Waals surface area (Å²) in [6, 6.07) is 6.91. The minimum absolute atomic E-state index is 0.122. The molecular weight excluding hydrogens is 374 g/mol. The number of anilines is 1.